The van der Waals surface area contributed by atoms with E-state index in [-0.39, 0.29) is 0 Å². The Labute approximate surface area is 108 Å². The molecule has 0 atom stereocenters. The molecule has 1 aromatic heterocycles. The fourth-order valence-corrected chi connectivity index (χ4v) is 2.38. The molecule has 0 N–H and O–H groups in total. The maximum atomic E-state index is 12.5. The molecule has 0 saturated heterocycles. The van der Waals surface area contributed by atoms with E-state index >= 15 is 0 Å². The lowest BCUT2D eigenvalue weighted by atomic mass is 10.1. The fraction of sp³-hybridized carbons (Fsp3) is 0.357. The first-order valence-electron chi connectivity index (χ1n) is 6.28. The van der Waals surface area contributed by atoms with Gasteiger partial charge in [-0.05, 0) is 25.0 Å². The highest BCUT2D eigenvalue weighted by molar-refractivity contribution is 5.59. The first kappa shape index (κ1) is 12.3. The van der Waals surface area contributed by atoms with Gasteiger partial charge < -0.3 is 4.57 Å². The zero-order chi connectivity index (χ0) is 13.5. The summed E-state index contributed by atoms with van der Waals surface area (Å²) < 4.78 is 39.6. The van der Waals surface area contributed by atoms with Gasteiger partial charge in [-0.1, -0.05) is 12.1 Å². The zero-order valence-corrected chi connectivity index (χ0v) is 10.2. The van der Waals surface area contributed by atoms with Crippen LogP contribution in [0.3, 0.4) is 0 Å². The van der Waals surface area contributed by atoms with Crippen LogP contribution in [0, 0.1) is 0 Å². The molecule has 1 aromatic carbocycles. The quantitative estimate of drug-likeness (QED) is 0.765. The zero-order valence-electron chi connectivity index (χ0n) is 10.2. The van der Waals surface area contributed by atoms with Gasteiger partial charge in [0, 0.05) is 24.7 Å². The molecule has 0 aliphatic carbocycles. The Morgan fingerprint density at radius 1 is 1.05 bits per heavy atom. The van der Waals surface area contributed by atoms with E-state index in [4.69, 9.17) is 0 Å². The van der Waals surface area contributed by atoms with Crippen molar-refractivity contribution >= 4 is 0 Å². The van der Waals surface area contributed by atoms with E-state index in [1.807, 2.05) is 6.20 Å². The van der Waals surface area contributed by atoms with Crippen LogP contribution in [0.15, 0.2) is 30.5 Å². The van der Waals surface area contributed by atoms with Crippen LogP contribution in [0.2, 0.25) is 0 Å². The minimum atomic E-state index is -4.29. The maximum absolute atomic E-state index is 12.5. The Bertz CT molecular complexity index is 558. The molecule has 0 saturated carbocycles. The molecule has 0 fully saturated rings. The highest BCUT2D eigenvalue weighted by atomic mass is 19.4. The normalized spacial score (nSPS) is 15.3. The minimum Gasteiger partial charge on any atom is -0.334 e. The van der Waals surface area contributed by atoms with Crippen molar-refractivity contribution < 1.29 is 13.2 Å². The van der Waals surface area contributed by atoms with Crippen molar-refractivity contribution in [3.05, 3.63) is 41.9 Å². The summed E-state index contributed by atoms with van der Waals surface area (Å²) >= 11 is 0. The lowest BCUT2D eigenvalue weighted by molar-refractivity contribution is -0.137. The van der Waals surface area contributed by atoms with E-state index in [0.717, 1.165) is 55.0 Å². The van der Waals surface area contributed by atoms with Gasteiger partial charge in [-0.15, -0.1) is 0 Å². The van der Waals surface area contributed by atoms with Gasteiger partial charge in [0.15, 0.2) is 0 Å². The maximum Gasteiger partial charge on any atom is 0.416 e. The number of aryl methyl sites for hydroxylation is 2. The summed E-state index contributed by atoms with van der Waals surface area (Å²) in [6.45, 7) is 0.947. The van der Waals surface area contributed by atoms with Gasteiger partial charge in [0.1, 0.15) is 5.82 Å². The van der Waals surface area contributed by atoms with Crippen LogP contribution in [-0.2, 0) is 19.1 Å². The van der Waals surface area contributed by atoms with E-state index < -0.39 is 11.7 Å². The second-order valence-corrected chi connectivity index (χ2v) is 4.77. The fourth-order valence-electron chi connectivity index (χ4n) is 2.38. The number of hydrogen-bond donors (Lipinski definition) is 0. The molecule has 2 nitrogen and oxygen atoms in total. The molecule has 19 heavy (non-hydrogen) atoms. The molecule has 1 aliphatic heterocycles. The summed E-state index contributed by atoms with van der Waals surface area (Å²) in [6.07, 6.45) is 0.850. The van der Waals surface area contributed by atoms with E-state index in [2.05, 4.69) is 9.55 Å². The standard InChI is InChI=1S/C14H13F3N2/c15-14(16,17)11-6-4-10(5-7-11)12-9-19-8-2-1-3-13(19)18-12/h4-7,9H,1-3,8H2. The molecule has 0 radical (unpaired) electrons. The molecular formula is C14H13F3N2. The molecule has 0 spiro atoms. The van der Waals surface area contributed by atoms with Crippen molar-refractivity contribution in [3.63, 3.8) is 0 Å². The van der Waals surface area contributed by atoms with E-state index in [9.17, 15) is 13.2 Å². The van der Waals surface area contributed by atoms with Crippen LogP contribution >= 0.6 is 0 Å². The van der Waals surface area contributed by atoms with Crippen molar-refractivity contribution in [2.75, 3.05) is 0 Å². The number of nitrogens with zero attached hydrogens (tertiary/aromatic N) is 2. The lowest BCUT2D eigenvalue weighted by Crippen LogP contribution is -2.08. The van der Waals surface area contributed by atoms with Crippen LogP contribution < -0.4 is 0 Å². The second kappa shape index (κ2) is 4.40. The highest BCUT2D eigenvalue weighted by Crippen LogP contribution is 2.31. The second-order valence-electron chi connectivity index (χ2n) is 4.77. The van der Waals surface area contributed by atoms with Crippen LogP contribution in [-0.4, -0.2) is 9.55 Å². The lowest BCUT2D eigenvalue weighted by Gasteiger charge is -2.11. The predicted octanol–water partition coefficient (Wildman–Crippen LogP) is 3.91. The number of rotatable bonds is 1. The number of aromatic nitrogens is 2. The van der Waals surface area contributed by atoms with E-state index in [1.54, 1.807) is 0 Å². The van der Waals surface area contributed by atoms with Crippen molar-refractivity contribution in [2.45, 2.75) is 32.0 Å². The monoisotopic (exact) mass is 266 g/mol. The number of alkyl halides is 3. The van der Waals surface area contributed by atoms with E-state index in [1.165, 1.54) is 12.1 Å². The number of halogens is 3. The molecule has 1 aliphatic rings. The Morgan fingerprint density at radius 2 is 1.79 bits per heavy atom. The van der Waals surface area contributed by atoms with Gasteiger partial charge >= 0.3 is 6.18 Å². The van der Waals surface area contributed by atoms with Crippen LogP contribution in [0.25, 0.3) is 11.3 Å². The number of hydrogen-bond acceptors (Lipinski definition) is 1. The third-order valence-electron chi connectivity index (χ3n) is 3.42. The molecule has 2 aromatic rings. The summed E-state index contributed by atoms with van der Waals surface area (Å²) in [4.78, 5) is 4.49. The summed E-state index contributed by atoms with van der Waals surface area (Å²) in [6, 6.07) is 5.18. The van der Waals surface area contributed by atoms with Crippen molar-refractivity contribution in [1.29, 1.82) is 0 Å². The van der Waals surface area contributed by atoms with Crippen LogP contribution in [0.1, 0.15) is 24.2 Å². The molecule has 0 amide bonds. The molecule has 0 unspecified atom stereocenters. The first-order chi connectivity index (χ1) is 9.04. The average Bonchev–Trinajstić information content (AvgIpc) is 2.81. The van der Waals surface area contributed by atoms with Gasteiger partial charge in [-0.2, -0.15) is 13.2 Å². The molecule has 0 bridgehead atoms. The molecule has 2 heterocycles. The van der Waals surface area contributed by atoms with Crippen molar-refractivity contribution in [3.8, 4) is 11.3 Å². The third-order valence-corrected chi connectivity index (χ3v) is 3.42. The number of fused-ring (bicyclic) bond motifs is 1. The van der Waals surface area contributed by atoms with Gasteiger partial charge in [0.25, 0.3) is 0 Å². The Hall–Kier alpha value is -1.78. The molecule has 100 valence electrons. The molecule has 3 rings (SSSR count). The molecule has 5 heteroatoms. The summed E-state index contributed by atoms with van der Waals surface area (Å²) in [5.41, 5.74) is 0.862. The predicted molar refractivity (Wildman–Crippen MR) is 65.6 cm³/mol. The minimum absolute atomic E-state index is 0.625. The molecular weight excluding hydrogens is 253 g/mol. The number of imidazole rings is 1. The van der Waals surface area contributed by atoms with Gasteiger partial charge in [0.05, 0.1) is 11.3 Å². The van der Waals surface area contributed by atoms with Crippen LogP contribution in [0.4, 0.5) is 13.2 Å². The first-order valence-corrected chi connectivity index (χ1v) is 6.28. The van der Waals surface area contributed by atoms with Gasteiger partial charge in [0.2, 0.25) is 0 Å². The topological polar surface area (TPSA) is 17.8 Å². The third kappa shape index (κ3) is 2.37. The SMILES string of the molecule is FC(F)(F)c1ccc(-c2cn3c(n2)CCCC3)cc1. The Morgan fingerprint density at radius 3 is 2.42 bits per heavy atom. The van der Waals surface area contributed by atoms with Gasteiger partial charge in [-0.3, -0.25) is 0 Å². The van der Waals surface area contributed by atoms with Crippen molar-refractivity contribution in [1.82, 2.24) is 9.55 Å². The van der Waals surface area contributed by atoms with E-state index in [0.29, 0.717) is 0 Å². The Kier molecular flexibility index (Phi) is 2.84. The summed E-state index contributed by atoms with van der Waals surface area (Å²) in [5, 5.41) is 0. The smallest absolute Gasteiger partial charge is 0.334 e. The highest BCUT2D eigenvalue weighted by Gasteiger charge is 2.30. The van der Waals surface area contributed by atoms with Crippen molar-refractivity contribution in [2.24, 2.45) is 0 Å². The summed E-state index contributed by atoms with van der Waals surface area (Å²) in [7, 11) is 0. The van der Waals surface area contributed by atoms with Gasteiger partial charge in [-0.25, -0.2) is 4.98 Å². The Balaban J connectivity index is 1.92. The van der Waals surface area contributed by atoms with Crippen LogP contribution in [0.5, 0.6) is 0 Å². The largest absolute Gasteiger partial charge is 0.416 e. The summed E-state index contributed by atoms with van der Waals surface area (Å²) in [5.74, 6) is 1.03. The average molecular weight is 266 g/mol. The number of benzene rings is 1.